The molecule has 0 spiro atoms. The number of aromatic nitrogens is 4. The summed E-state index contributed by atoms with van der Waals surface area (Å²) in [4.78, 5) is 24.9. The van der Waals surface area contributed by atoms with Crippen LogP contribution in [0.25, 0.3) is 0 Å². The van der Waals surface area contributed by atoms with Crippen molar-refractivity contribution in [2.45, 2.75) is 19.9 Å². The molecule has 1 aliphatic heterocycles. The van der Waals surface area contributed by atoms with Crippen molar-refractivity contribution in [1.82, 2.24) is 20.2 Å². The van der Waals surface area contributed by atoms with E-state index in [1.807, 2.05) is 6.07 Å². The average molecular weight is 405 g/mol. The van der Waals surface area contributed by atoms with Crippen molar-refractivity contribution >= 4 is 17.9 Å². The van der Waals surface area contributed by atoms with Gasteiger partial charge in [-0.15, -0.1) is 0 Å². The van der Waals surface area contributed by atoms with Gasteiger partial charge in [-0.05, 0) is 54.1 Å². The highest BCUT2D eigenvalue weighted by Crippen LogP contribution is 2.35. The van der Waals surface area contributed by atoms with E-state index in [0.717, 1.165) is 5.56 Å². The van der Waals surface area contributed by atoms with Crippen molar-refractivity contribution in [3.05, 3.63) is 77.0 Å². The van der Waals surface area contributed by atoms with Gasteiger partial charge in [0.2, 0.25) is 5.95 Å². The quantitative estimate of drug-likeness (QED) is 0.510. The minimum absolute atomic E-state index is 0.249. The zero-order chi connectivity index (χ0) is 21.1. The lowest BCUT2D eigenvalue weighted by molar-refractivity contribution is -0.139. The predicted octanol–water partition coefficient (Wildman–Crippen LogP) is 2.74. The Morgan fingerprint density at radius 3 is 2.50 bits per heavy atom. The third-order valence-corrected chi connectivity index (χ3v) is 4.63. The Kier molecular flexibility index (Phi) is 5.25. The number of anilines is 1. The molecule has 1 N–H and O–H groups in total. The number of rotatable bonds is 5. The van der Waals surface area contributed by atoms with Crippen LogP contribution >= 0.6 is 0 Å². The maximum atomic E-state index is 12.6. The van der Waals surface area contributed by atoms with Crippen LogP contribution in [0.1, 0.15) is 35.8 Å². The van der Waals surface area contributed by atoms with Gasteiger partial charge >= 0.3 is 11.9 Å². The summed E-state index contributed by atoms with van der Waals surface area (Å²) >= 11 is 0. The van der Waals surface area contributed by atoms with E-state index in [0.29, 0.717) is 28.5 Å². The van der Waals surface area contributed by atoms with Crippen LogP contribution < -0.4 is 10.1 Å². The highest BCUT2D eigenvalue weighted by molar-refractivity contribution is 5.92. The van der Waals surface area contributed by atoms with Gasteiger partial charge < -0.3 is 14.8 Å². The first-order chi connectivity index (χ1) is 14.6. The Balaban J connectivity index is 1.63. The maximum Gasteiger partial charge on any atom is 0.343 e. The number of carbonyl (C=O) groups is 2. The number of allylic oxidation sites excluding steroid dienone is 1. The third-order valence-electron chi connectivity index (χ3n) is 4.63. The lowest BCUT2D eigenvalue weighted by Gasteiger charge is -2.27. The molecule has 0 aliphatic carbocycles. The van der Waals surface area contributed by atoms with Gasteiger partial charge in [-0.2, -0.15) is 4.68 Å². The molecule has 9 nitrogen and oxygen atoms in total. The smallest absolute Gasteiger partial charge is 0.343 e. The summed E-state index contributed by atoms with van der Waals surface area (Å²) < 4.78 is 12.2. The fourth-order valence-corrected chi connectivity index (χ4v) is 3.25. The summed E-state index contributed by atoms with van der Waals surface area (Å²) in [6.45, 7) is 3.77. The number of tetrazole rings is 1. The number of hydrogen-bond donors (Lipinski definition) is 1. The highest BCUT2D eigenvalue weighted by atomic mass is 16.5. The second kappa shape index (κ2) is 8.16. The normalized spacial score (nSPS) is 15.2. The van der Waals surface area contributed by atoms with Gasteiger partial charge in [0, 0.05) is 5.70 Å². The summed E-state index contributed by atoms with van der Waals surface area (Å²) in [6, 6.07) is 15.0. The van der Waals surface area contributed by atoms with Gasteiger partial charge in [0.1, 0.15) is 11.8 Å². The van der Waals surface area contributed by atoms with E-state index >= 15 is 0 Å². The van der Waals surface area contributed by atoms with Crippen LogP contribution in [0.2, 0.25) is 0 Å². The number of nitrogens with one attached hydrogen (secondary N) is 1. The van der Waals surface area contributed by atoms with Crippen molar-refractivity contribution in [2.24, 2.45) is 0 Å². The summed E-state index contributed by atoms with van der Waals surface area (Å²) in [5.74, 6) is -0.0915. The van der Waals surface area contributed by atoms with Crippen molar-refractivity contribution in [3.8, 4) is 5.75 Å². The summed E-state index contributed by atoms with van der Waals surface area (Å²) in [5.41, 5.74) is 2.22. The first kappa shape index (κ1) is 19.3. The molecule has 1 unspecified atom stereocenters. The molecule has 4 rings (SSSR count). The number of nitrogens with zero attached hydrogens (tertiary/aromatic N) is 4. The predicted molar refractivity (Wildman–Crippen MR) is 107 cm³/mol. The largest absolute Gasteiger partial charge is 0.463 e. The molecule has 1 aromatic heterocycles. The molecule has 0 amide bonds. The van der Waals surface area contributed by atoms with Crippen LogP contribution in [0, 0.1) is 0 Å². The molecule has 0 saturated heterocycles. The Hall–Kier alpha value is -4.01. The summed E-state index contributed by atoms with van der Waals surface area (Å²) in [7, 11) is 0. The Morgan fingerprint density at radius 2 is 1.80 bits per heavy atom. The van der Waals surface area contributed by atoms with Crippen LogP contribution in [-0.2, 0) is 9.53 Å². The SMILES string of the molecule is CCOC(=O)C1=C(C)Nc2nnnn2C1c1ccc(OC(=O)c2ccccc2)cc1. The number of esters is 2. The Labute approximate surface area is 172 Å². The molecule has 0 fully saturated rings. The first-order valence-corrected chi connectivity index (χ1v) is 9.38. The molecule has 1 atom stereocenters. The Morgan fingerprint density at radius 1 is 1.07 bits per heavy atom. The minimum Gasteiger partial charge on any atom is -0.463 e. The van der Waals surface area contributed by atoms with Crippen LogP contribution in [0.3, 0.4) is 0 Å². The van der Waals surface area contributed by atoms with E-state index in [4.69, 9.17) is 9.47 Å². The van der Waals surface area contributed by atoms with Crippen molar-refractivity contribution in [1.29, 1.82) is 0 Å². The molecule has 152 valence electrons. The third kappa shape index (κ3) is 3.64. The van der Waals surface area contributed by atoms with Gasteiger partial charge in [-0.1, -0.05) is 35.4 Å². The van der Waals surface area contributed by atoms with Crippen molar-refractivity contribution < 1.29 is 19.1 Å². The van der Waals surface area contributed by atoms with Crippen LogP contribution in [0.4, 0.5) is 5.95 Å². The molecule has 3 aromatic rings. The molecule has 9 heteroatoms. The van der Waals surface area contributed by atoms with Gasteiger partial charge in [-0.25, -0.2) is 9.59 Å². The molecule has 2 heterocycles. The van der Waals surface area contributed by atoms with E-state index in [2.05, 4.69) is 20.8 Å². The monoisotopic (exact) mass is 405 g/mol. The standard InChI is InChI=1S/C21H19N5O4/c1-3-29-20(28)17-13(2)22-21-23-24-25-26(21)18(17)14-9-11-16(12-10-14)30-19(27)15-7-5-4-6-8-15/h4-12,18H,3H2,1-2H3,(H,22,23,25). The Bertz CT molecular complexity index is 1110. The van der Waals surface area contributed by atoms with E-state index in [1.54, 1.807) is 62.4 Å². The van der Waals surface area contributed by atoms with Crippen molar-refractivity contribution in [3.63, 3.8) is 0 Å². The number of hydrogen-bond acceptors (Lipinski definition) is 8. The molecule has 30 heavy (non-hydrogen) atoms. The summed E-state index contributed by atoms with van der Waals surface area (Å²) in [5, 5.41) is 14.7. The second-order valence-corrected chi connectivity index (χ2v) is 6.56. The van der Waals surface area contributed by atoms with Gasteiger partial charge in [-0.3, -0.25) is 0 Å². The van der Waals surface area contributed by atoms with Crippen LogP contribution in [0.5, 0.6) is 5.75 Å². The van der Waals surface area contributed by atoms with Crippen LogP contribution in [-0.4, -0.2) is 38.8 Å². The number of benzene rings is 2. The fourth-order valence-electron chi connectivity index (χ4n) is 3.25. The fraction of sp³-hybridized carbons (Fsp3) is 0.190. The molecular formula is C21H19N5O4. The number of ether oxygens (including phenoxy) is 2. The molecule has 0 radical (unpaired) electrons. The van der Waals surface area contributed by atoms with Gasteiger partial charge in [0.25, 0.3) is 0 Å². The van der Waals surface area contributed by atoms with Gasteiger partial charge in [0.15, 0.2) is 0 Å². The minimum atomic E-state index is -0.575. The maximum absolute atomic E-state index is 12.6. The molecular weight excluding hydrogens is 386 g/mol. The number of carbonyl (C=O) groups excluding carboxylic acids is 2. The van der Waals surface area contributed by atoms with Crippen molar-refractivity contribution in [2.75, 3.05) is 11.9 Å². The van der Waals surface area contributed by atoms with E-state index < -0.39 is 18.0 Å². The first-order valence-electron chi connectivity index (χ1n) is 9.38. The van der Waals surface area contributed by atoms with E-state index in [-0.39, 0.29) is 6.61 Å². The zero-order valence-corrected chi connectivity index (χ0v) is 16.4. The van der Waals surface area contributed by atoms with E-state index in [9.17, 15) is 9.59 Å². The topological polar surface area (TPSA) is 108 Å². The molecule has 2 aromatic carbocycles. The zero-order valence-electron chi connectivity index (χ0n) is 16.4. The molecule has 1 aliphatic rings. The second-order valence-electron chi connectivity index (χ2n) is 6.56. The van der Waals surface area contributed by atoms with Gasteiger partial charge in [0.05, 0.1) is 17.7 Å². The lowest BCUT2D eigenvalue weighted by atomic mass is 9.96. The average Bonchev–Trinajstić information content (AvgIpc) is 3.22. The summed E-state index contributed by atoms with van der Waals surface area (Å²) in [6.07, 6.45) is 0. The highest BCUT2D eigenvalue weighted by Gasteiger charge is 2.34. The molecule has 0 bridgehead atoms. The molecule has 0 saturated carbocycles. The number of fused-ring (bicyclic) bond motifs is 1. The van der Waals surface area contributed by atoms with E-state index in [1.165, 1.54) is 4.68 Å². The van der Waals surface area contributed by atoms with Crippen LogP contribution in [0.15, 0.2) is 65.9 Å². The lowest BCUT2D eigenvalue weighted by Crippen LogP contribution is -2.29.